The zero-order valence-electron chi connectivity index (χ0n) is 3.12. The second-order valence-electron chi connectivity index (χ2n) is 0.283. The normalized spacial score (nSPS) is 3.75. The van der Waals surface area contributed by atoms with Crippen molar-refractivity contribution in [1.29, 1.82) is 0 Å². The van der Waals surface area contributed by atoms with Crippen molar-refractivity contribution in [2.75, 3.05) is 0 Å². The fourth-order valence-corrected chi connectivity index (χ4v) is 0. The number of rotatable bonds is 0. The van der Waals surface area contributed by atoms with E-state index in [-0.39, 0.29) is 34.1 Å². The molecule has 0 heterocycles. The standard InChI is InChI=1S/CH2O3.3Cu.O/c2-1(3)4;;;;/h(H2,2,3,4);;;;. The van der Waals surface area contributed by atoms with Gasteiger partial charge in [0.1, 0.15) is 0 Å². The Labute approximate surface area is 75.0 Å². The molecule has 0 atom stereocenters. The quantitative estimate of drug-likeness (QED) is 0.611. The maximum absolute atomic E-state index is 8.56. The van der Waals surface area contributed by atoms with Gasteiger partial charge in [0.2, 0.25) is 0 Å². The Hall–Kier alpha value is 0.628. The first kappa shape index (κ1) is 23.4. The van der Waals surface area contributed by atoms with Gasteiger partial charge in [-0.05, 0) is 0 Å². The van der Waals surface area contributed by atoms with Crippen LogP contribution in [0.4, 0.5) is 4.79 Å². The van der Waals surface area contributed by atoms with Crippen LogP contribution in [0.1, 0.15) is 0 Å². The molecule has 0 amide bonds. The minimum atomic E-state index is -1.83. The van der Waals surface area contributed by atoms with Crippen LogP contribution < -0.4 is 0 Å². The average molecular weight is 269 g/mol. The molecule has 2 N–H and O–H groups in total. The fourth-order valence-electron chi connectivity index (χ4n) is 0. The Morgan fingerprint density at radius 2 is 1.12 bits per heavy atom. The molecule has 0 aromatic rings. The van der Waals surface area contributed by atoms with Gasteiger partial charge in [-0.1, -0.05) is 0 Å². The number of hydrogen-bond acceptors (Lipinski definition) is 2. The Balaban J connectivity index is -0.0000000183. The van der Waals surface area contributed by atoms with Crippen molar-refractivity contribution < 1.29 is 68.9 Å². The first-order valence-electron chi connectivity index (χ1n) is 0.774. The van der Waals surface area contributed by atoms with Crippen LogP contribution in [0.2, 0.25) is 0 Å². The molecule has 0 aromatic heterocycles. The Morgan fingerprint density at radius 3 is 1.12 bits per heavy atom. The van der Waals surface area contributed by atoms with Crippen molar-refractivity contribution in [1.82, 2.24) is 0 Å². The van der Waals surface area contributed by atoms with Crippen molar-refractivity contribution in [3.05, 3.63) is 0 Å². The summed E-state index contributed by atoms with van der Waals surface area (Å²) in [7, 11) is 0. The van der Waals surface area contributed by atoms with Gasteiger partial charge in [0.25, 0.3) is 0 Å². The topological polar surface area (TPSA) is 74.6 Å². The molecule has 4 nitrogen and oxygen atoms in total. The van der Waals surface area contributed by atoms with Gasteiger partial charge in [-0.15, -0.1) is 0 Å². The fraction of sp³-hybridized carbons (Fsp3) is 0. The maximum atomic E-state index is 8.56. The summed E-state index contributed by atoms with van der Waals surface area (Å²) < 4.78 is 7.81. The predicted octanol–water partition coefficient (Wildman–Crippen LogP) is 0.0961. The van der Waals surface area contributed by atoms with Gasteiger partial charge >= 0.3 is 25.9 Å². The van der Waals surface area contributed by atoms with Crippen molar-refractivity contribution in [3.63, 3.8) is 0 Å². The van der Waals surface area contributed by atoms with Gasteiger partial charge in [0, 0.05) is 34.1 Å². The van der Waals surface area contributed by atoms with Gasteiger partial charge in [-0.25, -0.2) is 4.79 Å². The molecule has 0 aliphatic heterocycles. The van der Waals surface area contributed by atoms with E-state index in [2.05, 4.69) is 15.9 Å². The zero-order valence-corrected chi connectivity index (χ0v) is 5.94. The molecule has 2 radical (unpaired) electrons. The van der Waals surface area contributed by atoms with E-state index in [9.17, 15) is 0 Å². The molecule has 0 bridgehead atoms. The van der Waals surface area contributed by atoms with E-state index >= 15 is 0 Å². The number of carbonyl (C=O) groups is 1. The Bertz CT molecular complexity index is 42.5. The zero-order chi connectivity index (χ0) is 5.58. The summed E-state index contributed by atoms with van der Waals surface area (Å²) >= 11 is 2.94. The van der Waals surface area contributed by atoms with Gasteiger partial charge in [-0.2, -0.15) is 0 Å². The van der Waals surface area contributed by atoms with Gasteiger partial charge in [0.15, 0.2) is 0 Å². The van der Waals surface area contributed by atoms with Gasteiger partial charge in [0.05, 0.1) is 0 Å². The summed E-state index contributed by atoms with van der Waals surface area (Å²) in [6.07, 6.45) is -1.83. The third-order valence-corrected chi connectivity index (χ3v) is 0. The van der Waals surface area contributed by atoms with Crippen molar-refractivity contribution >= 4 is 6.16 Å². The third kappa shape index (κ3) is 532. The van der Waals surface area contributed by atoms with Crippen LogP contribution in [0.3, 0.4) is 0 Å². The molecule has 0 spiro atoms. The molecule has 0 saturated carbocycles. The van der Waals surface area contributed by atoms with E-state index in [1.165, 1.54) is 0 Å². The average Bonchev–Trinajstić information content (AvgIpc) is 1.41. The molecule has 0 fully saturated rings. The monoisotopic (exact) mass is 267 g/mol. The molecular formula is CH2Cu3O4. The summed E-state index contributed by atoms with van der Waals surface area (Å²) in [4.78, 5) is 8.56. The first-order valence-corrected chi connectivity index (χ1v) is 1.16. The van der Waals surface area contributed by atoms with Crippen LogP contribution in [0, 0.1) is 0 Å². The van der Waals surface area contributed by atoms with Crippen LogP contribution in [-0.2, 0) is 53.9 Å². The summed E-state index contributed by atoms with van der Waals surface area (Å²) in [5, 5.41) is 13.9. The second kappa shape index (κ2) is 25.5. The van der Waals surface area contributed by atoms with E-state index in [0.717, 1.165) is 0 Å². The summed E-state index contributed by atoms with van der Waals surface area (Å²) in [5.41, 5.74) is 0. The van der Waals surface area contributed by atoms with Gasteiger partial charge < -0.3 is 10.2 Å². The van der Waals surface area contributed by atoms with Crippen LogP contribution in [0.25, 0.3) is 0 Å². The SMILES string of the molecule is O=C(O)O.[Cu].[Cu].[O]=[Cu]. The van der Waals surface area contributed by atoms with Crippen LogP contribution in [-0.4, -0.2) is 16.4 Å². The van der Waals surface area contributed by atoms with E-state index in [4.69, 9.17) is 18.8 Å². The number of hydrogen-bond donors (Lipinski definition) is 2. The first-order chi connectivity index (χ1) is 2.73. The van der Waals surface area contributed by atoms with Crippen molar-refractivity contribution in [2.45, 2.75) is 0 Å². The molecule has 8 heavy (non-hydrogen) atoms. The molecule has 0 aliphatic rings. The van der Waals surface area contributed by atoms with E-state index < -0.39 is 6.16 Å². The summed E-state index contributed by atoms with van der Waals surface area (Å²) in [5.74, 6) is 0. The molecule has 0 unspecified atom stereocenters. The van der Waals surface area contributed by atoms with Crippen LogP contribution in [0.15, 0.2) is 0 Å². The molecule has 0 saturated heterocycles. The van der Waals surface area contributed by atoms with Crippen molar-refractivity contribution in [3.8, 4) is 0 Å². The van der Waals surface area contributed by atoms with E-state index in [1.807, 2.05) is 0 Å². The molecular weight excluding hydrogens is 267 g/mol. The van der Waals surface area contributed by atoms with Crippen molar-refractivity contribution in [2.24, 2.45) is 0 Å². The molecule has 0 rings (SSSR count). The number of carboxylic acid groups (broad SMARTS) is 2. The van der Waals surface area contributed by atoms with Crippen LogP contribution >= 0.6 is 0 Å². The molecule has 0 aromatic carbocycles. The Kier molecular flexibility index (Phi) is 74.6. The third-order valence-electron chi connectivity index (χ3n) is 0. The van der Waals surface area contributed by atoms with Crippen LogP contribution in [0.5, 0.6) is 0 Å². The molecule has 0 aliphatic carbocycles. The molecule has 7 heteroatoms. The predicted molar refractivity (Wildman–Crippen MR) is 11.3 cm³/mol. The van der Waals surface area contributed by atoms with Gasteiger partial charge in [-0.3, -0.25) is 0 Å². The summed E-state index contributed by atoms with van der Waals surface area (Å²) in [6.45, 7) is 0. The minimum absolute atomic E-state index is 0. The Morgan fingerprint density at radius 1 is 1.12 bits per heavy atom. The molecule has 63 valence electrons. The second-order valence-corrected chi connectivity index (χ2v) is 0.283. The summed E-state index contributed by atoms with van der Waals surface area (Å²) in [6, 6.07) is 0. The van der Waals surface area contributed by atoms with E-state index in [0.29, 0.717) is 0 Å². The van der Waals surface area contributed by atoms with E-state index in [1.54, 1.807) is 0 Å².